The lowest BCUT2D eigenvalue weighted by Gasteiger charge is -2.40. The number of hydrazine groups is 1. The van der Waals surface area contributed by atoms with Crippen LogP contribution in [-0.4, -0.2) is 18.8 Å². The van der Waals surface area contributed by atoms with Crippen LogP contribution in [0.5, 0.6) is 0 Å². The van der Waals surface area contributed by atoms with E-state index in [0.717, 1.165) is 24.4 Å². The average Bonchev–Trinajstić information content (AvgIpc) is 2.41. The first kappa shape index (κ1) is 15.3. The van der Waals surface area contributed by atoms with Gasteiger partial charge in [-0.3, -0.25) is 11.3 Å². The molecule has 0 radical (unpaired) electrons. The number of rotatable bonds is 7. The first-order valence-electron chi connectivity index (χ1n) is 8.34. The van der Waals surface area contributed by atoms with E-state index in [0.29, 0.717) is 12.1 Å². The van der Waals surface area contributed by atoms with Crippen LogP contribution in [0.1, 0.15) is 65.2 Å². The molecule has 0 heterocycles. The van der Waals surface area contributed by atoms with Crippen LogP contribution in [-0.2, 0) is 4.74 Å². The van der Waals surface area contributed by atoms with E-state index < -0.39 is 0 Å². The highest BCUT2D eigenvalue weighted by Gasteiger charge is 2.34. The molecule has 112 valence electrons. The van der Waals surface area contributed by atoms with Crippen molar-refractivity contribution < 1.29 is 4.74 Å². The predicted octanol–water partition coefficient (Wildman–Crippen LogP) is 3.24. The van der Waals surface area contributed by atoms with Gasteiger partial charge in [0.15, 0.2) is 0 Å². The largest absolute Gasteiger partial charge is 0.378 e. The zero-order chi connectivity index (χ0) is 13.7. The molecule has 3 atom stereocenters. The second-order valence-corrected chi connectivity index (χ2v) is 6.62. The first-order chi connectivity index (χ1) is 9.26. The number of hydrogen-bond acceptors (Lipinski definition) is 3. The van der Waals surface area contributed by atoms with Crippen LogP contribution in [0.15, 0.2) is 0 Å². The smallest absolute Gasteiger partial charge is 0.0580 e. The molecule has 3 heteroatoms. The summed E-state index contributed by atoms with van der Waals surface area (Å²) in [6, 6.07) is 0.530. The van der Waals surface area contributed by atoms with Crippen LogP contribution in [0.4, 0.5) is 0 Å². The third kappa shape index (κ3) is 4.17. The molecule has 2 rings (SSSR count). The minimum absolute atomic E-state index is 0.530. The van der Waals surface area contributed by atoms with Crippen LogP contribution >= 0.6 is 0 Å². The maximum atomic E-state index is 5.83. The summed E-state index contributed by atoms with van der Waals surface area (Å²) in [7, 11) is 0. The lowest BCUT2D eigenvalue weighted by atomic mass is 9.71. The zero-order valence-electron chi connectivity index (χ0n) is 12.7. The van der Waals surface area contributed by atoms with E-state index in [1.165, 1.54) is 51.4 Å². The molecule has 3 N–H and O–H groups in total. The highest BCUT2D eigenvalue weighted by atomic mass is 16.5. The van der Waals surface area contributed by atoms with Crippen molar-refractivity contribution in [2.24, 2.45) is 23.6 Å². The summed E-state index contributed by atoms with van der Waals surface area (Å²) >= 11 is 0. The van der Waals surface area contributed by atoms with Gasteiger partial charge in [-0.1, -0.05) is 26.2 Å². The molecule has 0 aromatic heterocycles. The van der Waals surface area contributed by atoms with Crippen LogP contribution < -0.4 is 11.3 Å². The summed E-state index contributed by atoms with van der Waals surface area (Å²) in [5.74, 6) is 8.40. The summed E-state index contributed by atoms with van der Waals surface area (Å²) < 4.78 is 5.65. The fourth-order valence-corrected chi connectivity index (χ4v) is 4.06. The Morgan fingerprint density at radius 2 is 1.95 bits per heavy atom. The lowest BCUT2D eigenvalue weighted by molar-refractivity contribution is -0.0317. The van der Waals surface area contributed by atoms with E-state index in [1.54, 1.807) is 0 Å². The van der Waals surface area contributed by atoms with Crippen molar-refractivity contribution in [1.29, 1.82) is 0 Å². The monoisotopic (exact) mass is 268 g/mol. The molecule has 3 nitrogen and oxygen atoms in total. The summed E-state index contributed by atoms with van der Waals surface area (Å²) in [6.45, 7) is 5.28. The number of nitrogens with two attached hydrogens (primary N) is 1. The summed E-state index contributed by atoms with van der Waals surface area (Å²) in [4.78, 5) is 0. The molecular formula is C16H32N2O. The van der Waals surface area contributed by atoms with Gasteiger partial charge in [0.2, 0.25) is 0 Å². The quantitative estimate of drug-likeness (QED) is 0.550. The zero-order valence-corrected chi connectivity index (χ0v) is 12.7. The highest BCUT2D eigenvalue weighted by Crippen LogP contribution is 2.38. The molecule has 3 unspecified atom stereocenters. The lowest BCUT2D eigenvalue weighted by Crippen LogP contribution is -2.46. The van der Waals surface area contributed by atoms with E-state index in [1.807, 2.05) is 0 Å². The molecule has 0 bridgehead atoms. The van der Waals surface area contributed by atoms with Crippen LogP contribution in [0.3, 0.4) is 0 Å². The fourth-order valence-electron chi connectivity index (χ4n) is 4.06. The normalized spacial score (nSPS) is 36.8. The molecule has 19 heavy (non-hydrogen) atoms. The van der Waals surface area contributed by atoms with Gasteiger partial charge in [0.25, 0.3) is 0 Å². The molecule has 0 aromatic carbocycles. The van der Waals surface area contributed by atoms with Crippen molar-refractivity contribution in [2.45, 2.75) is 77.4 Å². The van der Waals surface area contributed by atoms with Crippen molar-refractivity contribution in [2.75, 3.05) is 6.61 Å². The molecule has 2 saturated carbocycles. The number of nitrogens with one attached hydrogen (secondary N) is 1. The molecule has 2 aliphatic rings. The number of hydrogen-bond donors (Lipinski definition) is 2. The Morgan fingerprint density at radius 3 is 2.58 bits per heavy atom. The third-order valence-corrected chi connectivity index (χ3v) is 5.37. The second-order valence-electron chi connectivity index (χ2n) is 6.62. The Labute approximate surface area is 118 Å². The van der Waals surface area contributed by atoms with Gasteiger partial charge in [0.05, 0.1) is 6.10 Å². The highest BCUT2D eigenvalue weighted by molar-refractivity contribution is 4.88. The first-order valence-corrected chi connectivity index (χ1v) is 8.34. The maximum absolute atomic E-state index is 5.83. The summed E-state index contributed by atoms with van der Waals surface area (Å²) in [5.41, 5.74) is 3.12. The minimum atomic E-state index is 0.530. The van der Waals surface area contributed by atoms with Gasteiger partial charge >= 0.3 is 0 Å². The van der Waals surface area contributed by atoms with Crippen LogP contribution in [0, 0.1) is 17.8 Å². The molecule has 0 aliphatic heterocycles. The van der Waals surface area contributed by atoms with Gasteiger partial charge in [-0.2, -0.15) is 0 Å². The maximum Gasteiger partial charge on any atom is 0.0580 e. The molecule has 0 spiro atoms. The Balaban J connectivity index is 1.74. The van der Waals surface area contributed by atoms with Gasteiger partial charge < -0.3 is 4.74 Å². The van der Waals surface area contributed by atoms with E-state index in [4.69, 9.17) is 10.6 Å². The van der Waals surface area contributed by atoms with Crippen molar-refractivity contribution in [3.05, 3.63) is 0 Å². The van der Waals surface area contributed by atoms with Crippen molar-refractivity contribution in [1.82, 2.24) is 5.43 Å². The molecule has 0 saturated heterocycles. The van der Waals surface area contributed by atoms with Gasteiger partial charge in [-0.05, 0) is 56.8 Å². The Bertz CT molecular complexity index is 253. The van der Waals surface area contributed by atoms with Gasteiger partial charge in [-0.15, -0.1) is 0 Å². The van der Waals surface area contributed by atoms with E-state index in [9.17, 15) is 0 Å². The van der Waals surface area contributed by atoms with E-state index in [-0.39, 0.29) is 0 Å². The number of ether oxygens (including phenoxy) is 1. The minimum Gasteiger partial charge on any atom is -0.378 e. The van der Waals surface area contributed by atoms with Gasteiger partial charge in [0.1, 0.15) is 0 Å². The standard InChI is InChI=1S/C16H32N2O/c1-3-12-6-5-7-14(8-12)16(18-17)11-13-9-15(10-13)19-4-2/h12-16,18H,3-11,17H2,1-2H3. The molecule has 0 amide bonds. The fraction of sp³-hybridized carbons (Fsp3) is 1.00. The third-order valence-electron chi connectivity index (χ3n) is 5.37. The van der Waals surface area contributed by atoms with Crippen molar-refractivity contribution >= 4 is 0 Å². The Kier molecular flexibility index (Phi) is 6.11. The van der Waals surface area contributed by atoms with Crippen LogP contribution in [0.25, 0.3) is 0 Å². The van der Waals surface area contributed by atoms with E-state index >= 15 is 0 Å². The summed E-state index contributed by atoms with van der Waals surface area (Å²) in [6.07, 6.45) is 11.2. The van der Waals surface area contributed by atoms with Crippen LogP contribution in [0.2, 0.25) is 0 Å². The average molecular weight is 268 g/mol. The molecule has 2 fully saturated rings. The summed E-state index contributed by atoms with van der Waals surface area (Å²) in [5, 5.41) is 0. The predicted molar refractivity (Wildman–Crippen MR) is 79.6 cm³/mol. The molecular weight excluding hydrogens is 236 g/mol. The Morgan fingerprint density at radius 1 is 1.16 bits per heavy atom. The van der Waals surface area contributed by atoms with Gasteiger partial charge in [-0.25, -0.2) is 0 Å². The Hall–Kier alpha value is -0.120. The van der Waals surface area contributed by atoms with Crippen molar-refractivity contribution in [3.8, 4) is 0 Å². The topological polar surface area (TPSA) is 47.3 Å². The molecule has 2 aliphatic carbocycles. The second kappa shape index (κ2) is 7.61. The van der Waals surface area contributed by atoms with E-state index in [2.05, 4.69) is 19.3 Å². The van der Waals surface area contributed by atoms with Crippen molar-refractivity contribution in [3.63, 3.8) is 0 Å². The SMILES string of the molecule is CCOC1CC(CC(NN)C2CCCC(CC)C2)C1. The molecule has 0 aromatic rings. The van der Waals surface area contributed by atoms with Gasteiger partial charge in [0, 0.05) is 12.6 Å².